The maximum Gasteiger partial charge on any atom is 0.286 e. The quantitative estimate of drug-likeness (QED) is 0.409. The molecule has 0 heterocycles. The Morgan fingerprint density at radius 3 is 2.20 bits per heavy atom. The average Bonchev–Trinajstić information content (AvgIpc) is 1.38. The lowest BCUT2D eigenvalue weighted by molar-refractivity contribution is -0.358. The SMILES string of the molecule is O=C(O)C[O-]. The lowest BCUT2D eigenvalue weighted by Crippen LogP contribution is -2.15. The van der Waals surface area contributed by atoms with Crippen molar-refractivity contribution in [1.29, 1.82) is 0 Å². The van der Waals surface area contributed by atoms with Crippen molar-refractivity contribution in [2.45, 2.75) is 0 Å². The van der Waals surface area contributed by atoms with Crippen molar-refractivity contribution in [3.63, 3.8) is 0 Å². The van der Waals surface area contributed by atoms with Crippen LogP contribution >= 0.6 is 0 Å². The van der Waals surface area contributed by atoms with Gasteiger partial charge in [-0.1, -0.05) is 0 Å². The number of rotatable bonds is 1. The molecular weight excluding hydrogens is 72.0 g/mol. The predicted octanol–water partition coefficient (Wildman–Crippen LogP) is -1.57. The summed E-state index contributed by atoms with van der Waals surface area (Å²) in [5, 5.41) is 16.4. The van der Waals surface area contributed by atoms with Gasteiger partial charge in [0, 0.05) is 0 Å². The molecule has 0 aromatic heterocycles. The highest BCUT2D eigenvalue weighted by Gasteiger charge is 1.72. The summed E-state index contributed by atoms with van der Waals surface area (Å²) in [6, 6.07) is 0. The molecule has 0 bridgehead atoms. The van der Waals surface area contributed by atoms with Crippen LogP contribution in [0.4, 0.5) is 0 Å². The highest BCUT2D eigenvalue weighted by Crippen LogP contribution is 1.43. The van der Waals surface area contributed by atoms with Gasteiger partial charge in [0.2, 0.25) is 0 Å². The highest BCUT2D eigenvalue weighted by atomic mass is 16.4. The molecule has 1 N–H and O–H groups in total. The van der Waals surface area contributed by atoms with Gasteiger partial charge in [0.15, 0.2) is 0 Å². The van der Waals surface area contributed by atoms with Crippen molar-refractivity contribution >= 4 is 5.97 Å². The van der Waals surface area contributed by atoms with Crippen LogP contribution in [0.3, 0.4) is 0 Å². The Labute approximate surface area is 28.9 Å². The van der Waals surface area contributed by atoms with Gasteiger partial charge in [-0.3, -0.25) is 4.79 Å². The fourth-order valence-electron chi connectivity index (χ4n) is 0. The van der Waals surface area contributed by atoms with Crippen LogP contribution in [0.5, 0.6) is 0 Å². The van der Waals surface area contributed by atoms with E-state index in [0.717, 1.165) is 0 Å². The first-order chi connectivity index (χ1) is 2.27. The van der Waals surface area contributed by atoms with E-state index in [9.17, 15) is 0 Å². The van der Waals surface area contributed by atoms with Crippen molar-refractivity contribution in [2.75, 3.05) is 6.61 Å². The number of hydrogen-bond acceptors (Lipinski definition) is 2. The molecule has 0 aliphatic heterocycles. The third-order valence-electron chi connectivity index (χ3n) is 0.123. The summed E-state index contributed by atoms with van der Waals surface area (Å²) in [6.07, 6.45) is 0. The molecule has 0 spiro atoms. The van der Waals surface area contributed by atoms with Gasteiger partial charge < -0.3 is 10.2 Å². The van der Waals surface area contributed by atoms with Crippen LogP contribution in [0.2, 0.25) is 0 Å². The zero-order chi connectivity index (χ0) is 4.28. The second kappa shape index (κ2) is 1.72. The van der Waals surface area contributed by atoms with Gasteiger partial charge in [-0.15, -0.1) is 0 Å². The maximum absolute atomic E-state index is 9.06. The molecule has 3 nitrogen and oxygen atoms in total. The molecule has 0 saturated carbocycles. The minimum absolute atomic E-state index is 1.03. The number of carboxylic acids is 1. The van der Waals surface area contributed by atoms with Crippen molar-refractivity contribution in [3.05, 3.63) is 0 Å². The number of carboxylic acid groups (broad SMARTS) is 1. The van der Waals surface area contributed by atoms with E-state index in [-0.39, 0.29) is 0 Å². The van der Waals surface area contributed by atoms with Gasteiger partial charge in [-0.2, -0.15) is 0 Å². The standard InChI is InChI=1S/C2H3O3/c3-1-2(4)5/h1H2,(H,4,5)/q-1. The first kappa shape index (κ1) is 4.43. The molecule has 0 unspecified atom stereocenters. The summed E-state index contributed by atoms with van der Waals surface area (Å²) in [5.74, 6) is -1.30. The van der Waals surface area contributed by atoms with Crippen molar-refractivity contribution in [1.82, 2.24) is 0 Å². The number of aliphatic carboxylic acids is 1. The van der Waals surface area contributed by atoms with E-state index in [1.165, 1.54) is 0 Å². The van der Waals surface area contributed by atoms with E-state index < -0.39 is 12.6 Å². The van der Waals surface area contributed by atoms with E-state index in [1.54, 1.807) is 0 Å². The normalized spacial score (nSPS) is 7.40. The largest absolute Gasteiger partial charge is 0.846 e. The minimum Gasteiger partial charge on any atom is -0.846 e. The Bertz CT molecular complexity index is 40.2. The van der Waals surface area contributed by atoms with Crippen molar-refractivity contribution in [2.24, 2.45) is 0 Å². The predicted molar refractivity (Wildman–Crippen MR) is 12.5 cm³/mol. The zero-order valence-corrected chi connectivity index (χ0v) is 2.47. The summed E-state index contributed by atoms with van der Waals surface area (Å²) >= 11 is 0. The highest BCUT2D eigenvalue weighted by molar-refractivity contribution is 5.67. The maximum atomic E-state index is 9.06. The molecule has 0 aliphatic rings. The van der Waals surface area contributed by atoms with E-state index in [2.05, 4.69) is 0 Å². The summed E-state index contributed by atoms with van der Waals surface area (Å²) in [6.45, 7) is -1.03. The molecule has 0 aromatic carbocycles. The van der Waals surface area contributed by atoms with Crippen LogP contribution < -0.4 is 5.11 Å². The molecule has 0 atom stereocenters. The molecular formula is C2H3O3-. The topological polar surface area (TPSA) is 60.4 Å². The van der Waals surface area contributed by atoms with Gasteiger partial charge in [0.05, 0.1) is 0 Å². The van der Waals surface area contributed by atoms with Gasteiger partial charge in [-0.05, 0) is 6.61 Å². The third-order valence-corrected chi connectivity index (χ3v) is 0.123. The fourth-order valence-corrected chi connectivity index (χ4v) is 0. The average molecular weight is 75.0 g/mol. The van der Waals surface area contributed by atoms with Crippen LogP contribution in [0.25, 0.3) is 0 Å². The molecule has 0 saturated heterocycles. The molecule has 0 amide bonds. The van der Waals surface area contributed by atoms with Gasteiger partial charge in [0.25, 0.3) is 5.97 Å². The van der Waals surface area contributed by atoms with E-state index in [4.69, 9.17) is 15.0 Å². The van der Waals surface area contributed by atoms with Crippen molar-refractivity contribution < 1.29 is 15.0 Å². The fraction of sp³-hybridized carbons (Fsp3) is 0.500. The molecule has 0 radical (unpaired) electrons. The van der Waals surface area contributed by atoms with E-state index >= 15 is 0 Å². The third kappa shape index (κ3) is 3.43. The van der Waals surface area contributed by atoms with E-state index in [0.29, 0.717) is 0 Å². The van der Waals surface area contributed by atoms with Crippen LogP contribution in [0.1, 0.15) is 0 Å². The summed E-state index contributed by atoms with van der Waals surface area (Å²) in [5.41, 5.74) is 0. The second-order valence-electron chi connectivity index (χ2n) is 0.538. The van der Waals surface area contributed by atoms with Crippen LogP contribution in [0, 0.1) is 0 Å². The molecule has 0 rings (SSSR count). The zero-order valence-electron chi connectivity index (χ0n) is 2.47. The Kier molecular flexibility index (Phi) is 1.53. The summed E-state index contributed by atoms with van der Waals surface area (Å²) < 4.78 is 0. The van der Waals surface area contributed by atoms with Gasteiger partial charge in [0.1, 0.15) is 0 Å². The Balaban J connectivity index is 2.85. The lowest BCUT2D eigenvalue weighted by Gasteiger charge is -1.88. The smallest absolute Gasteiger partial charge is 0.286 e. The molecule has 0 aliphatic carbocycles. The van der Waals surface area contributed by atoms with Crippen molar-refractivity contribution in [3.8, 4) is 0 Å². The van der Waals surface area contributed by atoms with Crippen LogP contribution in [-0.2, 0) is 4.79 Å². The van der Waals surface area contributed by atoms with Gasteiger partial charge in [-0.25, -0.2) is 0 Å². The van der Waals surface area contributed by atoms with Gasteiger partial charge >= 0.3 is 0 Å². The monoisotopic (exact) mass is 75.0 g/mol. The lowest BCUT2D eigenvalue weighted by atomic mass is 10.8. The first-order valence-electron chi connectivity index (χ1n) is 1.07. The first-order valence-corrected chi connectivity index (χ1v) is 1.07. The molecule has 0 aromatic rings. The Hall–Kier alpha value is -0.570. The number of hydrogen-bond donors (Lipinski definition) is 1. The Morgan fingerprint density at radius 2 is 2.20 bits per heavy atom. The molecule has 0 fully saturated rings. The summed E-state index contributed by atoms with van der Waals surface area (Å²) in [7, 11) is 0. The minimum atomic E-state index is -1.30. The summed E-state index contributed by atoms with van der Waals surface area (Å²) in [4.78, 5) is 9.06. The second-order valence-corrected chi connectivity index (χ2v) is 0.538. The molecule has 5 heavy (non-hydrogen) atoms. The van der Waals surface area contributed by atoms with E-state index in [1.807, 2.05) is 0 Å². The Morgan fingerprint density at radius 1 is 2.00 bits per heavy atom. The van der Waals surface area contributed by atoms with Crippen LogP contribution in [0.15, 0.2) is 0 Å². The van der Waals surface area contributed by atoms with Crippen LogP contribution in [-0.4, -0.2) is 17.7 Å². The molecule has 30 valence electrons. The number of carbonyl (C=O) groups is 1. The molecule has 3 heteroatoms.